The molecule has 130 valence electrons. The van der Waals surface area contributed by atoms with Gasteiger partial charge in [0.2, 0.25) is 5.91 Å². The van der Waals surface area contributed by atoms with E-state index < -0.39 is 43.0 Å². The highest BCUT2D eigenvalue weighted by Crippen LogP contribution is 2.38. The molecule has 1 aromatic carbocycles. The molecule has 0 spiro atoms. The minimum atomic E-state index is -4.69. The lowest BCUT2D eigenvalue weighted by atomic mass is 9.96. The molecule has 2 amide bonds. The van der Waals surface area contributed by atoms with Gasteiger partial charge in [-0.3, -0.25) is 14.4 Å². The van der Waals surface area contributed by atoms with Crippen LogP contribution in [0.2, 0.25) is 0 Å². The van der Waals surface area contributed by atoms with Crippen molar-refractivity contribution < 1.29 is 32.7 Å². The first kappa shape index (κ1) is 17.8. The van der Waals surface area contributed by atoms with E-state index in [9.17, 15) is 27.6 Å². The number of amides is 2. The summed E-state index contributed by atoms with van der Waals surface area (Å²) in [4.78, 5) is 35.1. The number of halogens is 3. The normalized spacial score (nSPS) is 20.8. The van der Waals surface area contributed by atoms with Gasteiger partial charge in [0.1, 0.15) is 0 Å². The van der Waals surface area contributed by atoms with Crippen LogP contribution in [-0.4, -0.2) is 47.1 Å². The van der Waals surface area contributed by atoms with Crippen LogP contribution in [0.1, 0.15) is 17.3 Å². The van der Waals surface area contributed by atoms with Crippen molar-refractivity contribution in [3.63, 3.8) is 0 Å². The third-order valence-corrected chi connectivity index (χ3v) is 3.80. The summed E-state index contributed by atoms with van der Waals surface area (Å²) in [6, 6.07) is 5.62. The first-order chi connectivity index (χ1) is 11.1. The number of hydrogen-bond acceptors (Lipinski definition) is 3. The zero-order valence-corrected chi connectivity index (χ0v) is 12.6. The maximum absolute atomic E-state index is 12.9. The van der Waals surface area contributed by atoms with E-state index in [-0.39, 0.29) is 11.5 Å². The van der Waals surface area contributed by atoms with Crippen molar-refractivity contribution in [3.8, 4) is 0 Å². The van der Waals surface area contributed by atoms with Gasteiger partial charge in [-0.2, -0.15) is 13.2 Å². The van der Waals surface area contributed by atoms with E-state index in [1.54, 1.807) is 0 Å². The van der Waals surface area contributed by atoms with E-state index >= 15 is 0 Å². The van der Waals surface area contributed by atoms with Crippen LogP contribution in [0, 0.1) is 11.8 Å². The molecule has 0 aliphatic carbocycles. The number of aliphatic carboxylic acids is 1. The minimum absolute atomic E-state index is 0.121. The molecule has 1 aromatic rings. The third kappa shape index (κ3) is 3.84. The van der Waals surface area contributed by atoms with Crippen LogP contribution in [0.5, 0.6) is 0 Å². The number of alkyl halides is 3. The molecular weight excluding hydrogens is 329 g/mol. The molecule has 1 aliphatic rings. The van der Waals surface area contributed by atoms with E-state index in [0.29, 0.717) is 5.69 Å². The van der Waals surface area contributed by atoms with E-state index in [1.807, 2.05) is 0 Å². The number of carboxylic acids is 1. The largest absolute Gasteiger partial charge is 0.481 e. The lowest BCUT2D eigenvalue weighted by Gasteiger charge is -2.18. The maximum Gasteiger partial charge on any atom is 0.394 e. The summed E-state index contributed by atoms with van der Waals surface area (Å²) in [5, 5.41) is 11.5. The molecule has 24 heavy (non-hydrogen) atoms. The van der Waals surface area contributed by atoms with Gasteiger partial charge in [0.25, 0.3) is 5.91 Å². The summed E-state index contributed by atoms with van der Waals surface area (Å²) in [5.41, 5.74) is 0.563. The predicted molar refractivity (Wildman–Crippen MR) is 77.3 cm³/mol. The SMILES string of the molecule is CC(=O)Nc1ccc(C(=O)N2C[C@@H](C(F)(F)F)[C@H](C(=O)O)C2)cc1. The molecule has 0 unspecified atom stereocenters. The van der Waals surface area contributed by atoms with E-state index in [0.717, 1.165) is 4.90 Å². The lowest BCUT2D eigenvalue weighted by molar-refractivity contribution is -0.187. The summed E-state index contributed by atoms with van der Waals surface area (Å²) in [6.07, 6.45) is -4.69. The van der Waals surface area contributed by atoms with Gasteiger partial charge >= 0.3 is 12.1 Å². The van der Waals surface area contributed by atoms with Crippen LogP contribution in [0.15, 0.2) is 24.3 Å². The molecule has 2 N–H and O–H groups in total. The van der Waals surface area contributed by atoms with Gasteiger partial charge in [0.15, 0.2) is 0 Å². The molecule has 1 aliphatic heterocycles. The fourth-order valence-corrected chi connectivity index (χ4v) is 2.63. The monoisotopic (exact) mass is 344 g/mol. The number of nitrogens with one attached hydrogen (secondary N) is 1. The van der Waals surface area contributed by atoms with Crippen molar-refractivity contribution in [2.75, 3.05) is 18.4 Å². The Morgan fingerprint density at radius 1 is 1.17 bits per heavy atom. The van der Waals surface area contributed by atoms with Crippen LogP contribution in [-0.2, 0) is 9.59 Å². The Bertz CT molecular complexity index is 658. The second kappa shape index (κ2) is 6.50. The topological polar surface area (TPSA) is 86.7 Å². The summed E-state index contributed by atoms with van der Waals surface area (Å²) >= 11 is 0. The zero-order chi connectivity index (χ0) is 18.1. The van der Waals surface area contributed by atoms with Gasteiger partial charge in [-0.25, -0.2) is 0 Å². The Hall–Kier alpha value is -2.58. The minimum Gasteiger partial charge on any atom is -0.481 e. The van der Waals surface area contributed by atoms with Crippen molar-refractivity contribution in [1.29, 1.82) is 0 Å². The molecule has 2 atom stereocenters. The van der Waals surface area contributed by atoms with Crippen molar-refractivity contribution in [3.05, 3.63) is 29.8 Å². The third-order valence-electron chi connectivity index (χ3n) is 3.80. The van der Waals surface area contributed by atoms with E-state index in [4.69, 9.17) is 5.11 Å². The number of benzene rings is 1. The molecule has 1 saturated heterocycles. The number of carbonyl (C=O) groups is 3. The fraction of sp³-hybridized carbons (Fsp3) is 0.400. The maximum atomic E-state index is 12.9. The number of rotatable bonds is 3. The number of nitrogens with zero attached hydrogens (tertiary/aromatic N) is 1. The molecule has 6 nitrogen and oxygen atoms in total. The Morgan fingerprint density at radius 3 is 2.17 bits per heavy atom. The Labute approximate surface area is 135 Å². The number of carbonyl (C=O) groups excluding carboxylic acids is 2. The molecule has 0 bridgehead atoms. The van der Waals surface area contributed by atoms with E-state index in [2.05, 4.69) is 5.32 Å². The summed E-state index contributed by atoms with van der Waals surface area (Å²) in [7, 11) is 0. The average Bonchev–Trinajstić information content (AvgIpc) is 2.92. The second-order valence-electron chi connectivity index (χ2n) is 5.56. The Balaban J connectivity index is 2.15. The number of carboxylic acid groups (broad SMARTS) is 1. The van der Waals surface area contributed by atoms with Crippen LogP contribution in [0.4, 0.5) is 18.9 Å². The molecule has 1 heterocycles. The summed E-state index contributed by atoms with van der Waals surface area (Å²) in [6.45, 7) is 0.130. The van der Waals surface area contributed by atoms with Crippen LogP contribution >= 0.6 is 0 Å². The molecule has 0 aromatic heterocycles. The lowest BCUT2D eigenvalue weighted by Crippen LogP contribution is -2.34. The van der Waals surface area contributed by atoms with Crippen molar-refractivity contribution in [1.82, 2.24) is 4.90 Å². The number of anilines is 1. The molecule has 0 saturated carbocycles. The van der Waals surface area contributed by atoms with Gasteiger partial charge in [0.05, 0.1) is 11.8 Å². The second-order valence-corrected chi connectivity index (χ2v) is 5.56. The first-order valence-corrected chi connectivity index (χ1v) is 7.06. The van der Waals surface area contributed by atoms with Crippen LogP contribution in [0.25, 0.3) is 0 Å². The van der Waals surface area contributed by atoms with Gasteiger partial charge in [0, 0.05) is 31.3 Å². The average molecular weight is 344 g/mol. The molecule has 2 rings (SSSR count). The molecule has 0 radical (unpaired) electrons. The quantitative estimate of drug-likeness (QED) is 0.878. The van der Waals surface area contributed by atoms with E-state index in [1.165, 1.54) is 31.2 Å². The van der Waals surface area contributed by atoms with Gasteiger partial charge < -0.3 is 15.3 Å². The first-order valence-electron chi connectivity index (χ1n) is 7.06. The standard InChI is InChI=1S/C15H15F3N2O4/c1-8(21)19-10-4-2-9(3-5-10)13(22)20-6-11(14(23)24)12(7-20)15(16,17)18/h2-5,11-12H,6-7H2,1H3,(H,19,21)(H,23,24)/t11-,12-/m1/s1. The smallest absolute Gasteiger partial charge is 0.394 e. The van der Waals surface area contributed by atoms with Gasteiger partial charge in [-0.15, -0.1) is 0 Å². The number of likely N-dealkylation sites (tertiary alicyclic amines) is 1. The molecular formula is C15H15F3N2O4. The fourth-order valence-electron chi connectivity index (χ4n) is 2.63. The summed E-state index contributed by atoms with van der Waals surface area (Å²) < 4.78 is 38.8. The Morgan fingerprint density at radius 2 is 1.75 bits per heavy atom. The van der Waals surface area contributed by atoms with Gasteiger partial charge in [-0.05, 0) is 24.3 Å². The molecule has 1 fully saturated rings. The Kier molecular flexibility index (Phi) is 4.81. The molecule has 9 heteroatoms. The predicted octanol–water partition coefficient (Wildman–Crippen LogP) is 1.98. The number of hydrogen-bond donors (Lipinski definition) is 2. The van der Waals surface area contributed by atoms with Crippen molar-refractivity contribution >= 4 is 23.5 Å². The van der Waals surface area contributed by atoms with Crippen molar-refractivity contribution in [2.24, 2.45) is 11.8 Å². The van der Waals surface area contributed by atoms with Crippen molar-refractivity contribution in [2.45, 2.75) is 13.1 Å². The highest BCUT2D eigenvalue weighted by atomic mass is 19.4. The highest BCUT2D eigenvalue weighted by molar-refractivity contribution is 5.96. The zero-order valence-electron chi connectivity index (χ0n) is 12.6. The highest BCUT2D eigenvalue weighted by Gasteiger charge is 2.53. The van der Waals surface area contributed by atoms with Crippen LogP contribution < -0.4 is 5.32 Å². The summed E-state index contributed by atoms with van der Waals surface area (Å²) in [5.74, 6) is -6.31. The van der Waals surface area contributed by atoms with Gasteiger partial charge in [-0.1, -0.05) is 0 Å². The van der Waals surface area contributed by atoms with Crippen LogP contribution in [0.3, 0.4) is 0 Å².